The van der Waals surface area contributed by atoms with E-state index in [1.54, 1.807) is 12.3 Å². The van der Waals surface area contributed by atoms with Crippen molar-refractivity contribution in [2.24, 2.45) is 0 Å². The van der Waals surface area contributed by atoms with Crippen LogP contribution in [0, 0.1) is 0 Å². The SMILES string of the molecule is CCCCN(C)Cc1cn[nH]c1-c1ccc(OCCOC)c(C(F)(F)F)c1. The van der Waals surface area contributed by atoms with Crippen molar-refractivity contribution >= 4 is 0 Å². The molecular formula is C19H26F3N3O2. The van der Waals surface area contributed by atoms with Gasteiger partial charge in [-0.2, -0.15) is 18.3 Å². The van der Waals surface area contributed by atoms with Gasteiger partial charge in [0.05, 0.1) is 24.1 Å². The van der Waals surface area contributed by atoms with E-state index in [1.807, 2.05) is 7.05 Å². The zero-order valence-electron chi connectivity index (χ0n) is 15.9. The molecule has 2 rings (SSSR count). The van der Waals surface area contributed by atoms with E-state index in [0.29, 0.717) is 17.8 Å². The maximum Gasteiger partial charge on any atom is 0.419 e. The maximum absolute atomic E-state index is 13.5. The van der Waals surface area contributed by atoms with Gasteiger partial charge in [-0.3, -0.25) is 5.10 Å². The van der Waals surface area contributed by atoms with Crippen LogP contribution < -0.4 is 4.74 Å². The summed E-state index contributed by atoms with van der Waals surface area (Å²) in [4.78, 5) is 2.13. The van der Waals surface area contributed by atoms with E-state index < -0.39 is 11.7 Å². The summed E-state index contributed by atoms with van der Waals surface area (Å²) in [7, 11) is 3.45. The third-order valence-corrected chi connectivity index (χ3v) is 4.17. The molecule has 0 radical (unpaired) electrons. The molecular weight excluding hydrogens is 359 g/mol. The molecule has 0 bridgehead atoms. The fourth-order valence-corrected chi connectivity index (χ4v) is 2.75. The smallest absolute Gasteiger partial charge is 0.419 e. The number of benzene rings is 1. The van der Waals surface area contributed by atoms with Gasteiger partial charge >= 0.3 is 6.18 Å². The van der Waals surface area contributed by atoms with Crippen LogP contribution in [0.2, 0.25) is 0 Å². The van der Waals surface area contributed by atoms with Crippen molar-refractivity contribution in [2.45, 2.75) is 32.5 Å². The molecule has 0 aliphatic heterocycles. The first-order valence-electron chi connectivity index (χ1n) is 8.91. The molecule has 2 aromatic rings. The lowest BCUT2D eigenvalue weighted by molar-refractivity contribution is -0.139. The van der Waals surface area contributed by atoms with Crippen molar-refractivity contribution in [3.8, 4) is 17.0 Å². The zero-order chi connectivity index (χ0) is 19.9. The number of ether oxygens (including phenoxy) is 2. The van der Waals surface area contributed by atoms with Crippen LogP contribution in [0.1, 0.15) is 30.9 Å². The van der Waals surface area contributed by atoms with Crippen molar-refractivity contribution in [3.63, 3.8) is 0 Å². The Morgan fingerprint density at radius 3 is 2.67 bits per heavy atom. The Bertz CT molecular complexity index is 716. The van der Waals surface area contributed by atoms with Crippen LogP contribution >= 0.6 is 0 Å². The summed E-state index contributed by atoms with van der Waals surface area (Å²) >= 11 is 0. The molecule has 1 N–H and O–H groups in total. The monoisotopic (exact) mass is 385 g/mol. The van der Waals surface area contributed by atoms with Gasteiger partial charge in [0.2, 0.25) is 0 Å². The molecule has 0 atom stereocenters. The Morgan fingerprint density at radius 1 is 1.22 bits per heavy atom. The minimum Gasteiger partial charge on any atom is -0.491 e. The Balaban J connectivity index is 2.28. The molecule has 0 amide bonds. The number of hydrogen-bond acceptors (Lipinski definition) is 4. The number of aromatic nitrogens is 2. The van der Waals surface area contributed by atoms with Gasteiger partial charge in [0.15, 0.2) is 0 Å². The fraction of sp³-hybridized carbons (Fsp3) is 0.526. The molecule has 1 aromatic carbocycles. The Morgan fingerprint density at radius 2 is 2.00 bits per heavy atom. The van der Waals surface area contributed by atoms with Gasteiger partial charge in [-0.1, -0.05) is 13.3 Å². The van der Waals surface area contributed by atoms with Crippen molar-refractivity contribution in [2.75, 3.05) is 33.9 Å². The van der Waals surface area contributed by atoms with E-state index >= 15 is 0 Å². The molecule has 0 aliphatic rings. The summed E-state index contributed by atoms with van der Waals surface area (Å²) in [5.74, 6) is -0.204. The van der Waals surface area contributed by atoms with Crippen LogP contribution in [0.15, 0.2) is 24.4 Å². The average Bonchev–Trinajstić information content (AvgIpc) is 3.07. The first-order valence-corrected chi connectivity index (χ1v) is 8.91. The minimum absolute atomic E-state index is 0.0520. The molecule has 1 heterocycles. The highest BCUT2D eigenvalue weighted by Gasteiger charge is 2.35. The highest BCUT2D eigenvalue weighted by molar-refractivity contribution is 5.65. The minimum atomic E-state index is -4.52. The van der Waals surface area contributed by atoms with E-state index in [9.17, 15) is 13.2 Å². The van der Waals surface area contributed by atoms with Gasteiger partial charge in [-0.05, 0) is 38.2 Å². The number of aromatic amines is 1. The number of nitrogens with zero attached hydrogens (tertiary/aromatic N) is 2. The van der Waals surface area contributed by atoms with Crippen molar-refractivity contribution in [1.29, 1.82) is 0 Å². The summed E-state index contributed by atoms with van der Waals surface area (Å²) in [6, 6.07) is 4.06. The maximum atomic E-state index is 13.5. The number of H-pyrrole nitrogens is 1. The van der Waals surface area contributed by atoms with E-state index in [1.165, 1.54) is 13.2 Å². The van der Waals surface area contributed by atoms with E-state index in [4.69, 9.17) is 9.47 Å². The molecule has 0 aliphatic carbocycles. The highest BCUT2D eigenvalue weighted by atomic mass is 19.4. The van der Waals surface area contributed by atoms with Gasteiger partial charge in [-0.15, -0.1) is 0 Å². The summed E-state index contributed by atoms with van der Waals surface area (Å²) in [5.41, 5.74) is 1.07. The van der Waals surface area contributed by atoms with Gasteiger partial charge in [-0.25, -0.2) is 0 Å². The molecule has 27 heavy (non-hydrogen) atoms. The molecule has 8 heteroatoms. The molecule has 0 spiro atoms. The molecule has 0 saturated heterocycles. The third kappa shape index (κ3) is 5.97. The van der Waals surface area contributed by atoms with Crippen molar-refractivity contribution < 1.29 is 22.6 Å². The van der Waals surface area contributed by atoms with E-state index in [-0.39, 0.29) is 19.0 Å². The third-order valence-electron chi connectivity index (χ3n) is 4.17. The van der Waals surface area contributed by atoms with E-state index in [0.717, 1.165) is 31.0 Å². The number of nitrogens with one attached hydrogen (secondary N) is 1. The van der Waals surface area contributed by atoms with Crippen LogP contribution in [0.3, 0.4) is 0 Å². The Labute approximate surface area is 157 Å². The summed E-state index contributed by atoms with van der Waals surface area (Å²) in [5, 5.41) is 6.86. The second kappa shape index (κ2) is 9.75. The first-order chi connectivity index (χ1) is 12.9. The van der Waals surface area contributed by atoms with Gasteiger partial charge < -0.3 is 14.4 Å². The van der Waals surface area contributed by atoms with Gasteiger partial charge in [0.1, 0.15) is 12.4 Å². The molecule has 5 nitrogen and oxygen atoms in total. The number of hydrogen-bond donors (Lipinski definition) is 1. The van der Waals surface area contributed by atoms with Crippen LogP contribution in [0.25, 0.3) is 11.3 Å². The number of methoxy groups -OCH3 is 1. The van der Waals surface area contributed by atoms with Crippen molar-refractivity contribution in [1.82, 2.24) is 15.1 Å². The second-order valence-electron chi connectivity index (χ2n) is 6.41. The quantitative estimate of drug-likeness (QED) is 0.618. The largest absolute Gasteiger partial charge is 0.491 e. The lowest BCUT2D eigenvalue weighted by Gasteiger charge is -2.17. The van der Waals surface area contributed by atoms with Crippen LogP contribution in [0.4, 0.5) is 13.2 Å². The molecule has 0 fully saturated rings. The molecule has 150 valence electrons. The van der Waals surface area contributed by atoms with Gasteiger partial charge in [0, 0.05) is 24.8 Å². The van der Waals surface area contributed by atoms with Crippen LogP contribution in [0.5, 0.6) is 5.75 Å². The first kappa shape index (κ1) is 21.2. The topological polar surface area (TPSA) is 50.4 Å². The molecule has 0 saturated carbocycles. The number of halogens is 3. The number of unbranched alkanes of at least 4 members (excludes halogenated alkanes) is 1. The highest BCUT2D eigenvalue weighted by Crippen LogP contribution is 2.39. The Kier molecular flexibility index (Phi) is 7.67. The summed E-state index contributed by atoms with van der Waals surface area (Å²) < 4.78 is 50.5. The summed E-state index contributed by atoms with van der Waals surface area (Å²) in [6.45, 7) is 3.91. The molecule has 1 aromatic heterocycles. The van der Waals surface area contributed by atoms with Crippen LogP contribution in [-0.4, -0.2) is 49.0 Å². The number of rotatable bonds is 10. The standard InChI is InChI=1S/C19H26F3N3O2/c1-4-5-8-25(2)13-15-12-23-24-18(15)14-6-7-17(27-10-9-26-3)16(11-14)19(20,21)22/h6-7,11-12H,4-5,8-10,13H2,1-3H3,(H,23,24). The van der Waals surface area contributed by atoms with Gasteiger partial charge in [0.25, 0.3) is 0 Å². The lowest BCUT2D eigenvalue weighted by atomic mass is 10.0. The normalized spacial score (nSPS) is 12.0. The number of alkyl halides is 3. The predicted molar refractivity (Wildman–Crippen MR) is 97.6 cm³/mol. The fourth-order valence-electron chi connectivity index (χ4n) is 2.75. The van der Waals surface area contributed by atoms with E-state index in [2.05, 4.69) is 22.0 Å². The van der Waals surface area contributed by atoms with Crippen LogP contribution in [-0.2, 0) is 17.5 Å². The molecule has 0 unspecified atom stereocenters. The summed E-state index contributed by atoms with van der Waals surface area (Å²) in [6.07, 6.45) is -0.706. The van der Waals surface area contributed by atoms with Crippen molar-refractivity contribution in [3.05, 3.63) is 35.5 Å². The average molecular weight is 385 g/mol. The second-order valence-corrected chi connectivity index (χ2v) is 6.41. The zero-order valence-corrected chi connectivity index (χ0v) is 15.9. The lowest BCUT2D eigenvalue weighted by Crippen LogP contribution is -2.19. The predicted octanol–water partition coefficient (Wildman–Crippen LogP) is 4.35. The Hall–Kier alpha value is -2.06.